The van der Waals surface area contributed by atoms with E-state index in [-0.39, 0.29) is 0 Å². The van der Waals surface area contributed by atoms with Crippen molar-refractivity contribution in [1.82, 2.24) is 0 Å². The van der Waals surface area contributed by atoms with Crippen molar-refractivity contribution in [3.8, 4) is 11.5 Å². The van der Waals surface area contributed by atoms with Crippen LogP contribution in [0.4, 0.5) is 0 Å². The summed E-state index contributed by atoms with van der Waals surface area (Å²) in [5.41, 5.74) is 11.7. The zero-order chi connectivity index (χ0) is 14.0. The van der Waals surface area contributed by atoms with Crippen molar-refractivity contribution >= 4 is 0 Å². The summed E-state index contributed by atoms with van der Waals surface area (Å²) >= 11 is 0. The second kappa shape index (κ2) is 5.45. The lowest BCUT2D eigenvalue weighted by atomic mass is 10.1. The molecule has 100 valence electrons. The fraction of sp³-hybridized carbons (Fsp3) is 0.294. The van der Waals surface area contributed by atoms with E-state index in [1.807, 2.05) is 18.2 Å². The highest BCUT2D eigenvalue weighted by atomic mass is 16.5. The molecule has 0 saturated carbocycles. The van der Waals surface area contributed by atoms with Gasteiger partial charge in [-0.25, -0.2) is 0 Å². The molecule has 2 nitrogen and oxygen atoms in total. The predicted octanol–water partition coefficient (Wildman–Crippen LogP) is 4.17. The lowest BCUT2D eigenvalue weighted by Gasteiger charge is -2.13. The zero-order valence-corrected chi connectivity index (χ0v) is 12.1. The molecule has 0 amide bonds. The number of hydrogen-bond donors (Lipinski definition) is 1. The summed E-state index contributed by atoms with van der Waals surface area (Å²) in [5, 5.41) is 0. The number of ether oxygens (including phenoxy) is 1. The number of aryl methyl sites for hydroxylation is 3. The Bertz CT molecular complexity index is 602. The Kier molecular flexibility index (Phi) is 3.91. The number of nitrogens with two attached hydrogens (primary N) is 1. The molecule has 19 heavy (non-hydrogen) atoms. The minimum atomic E-state index is 0.564. The summed E-state index contributed by atoms with van der Waals surface area (Å²) in [7, 11) is 0. The molecule has 0 aliphatic rings. The van der Waals surface area contributed by atoms with Crippen molar-refractivity contribution < 1.29 is 4.74 Å². The molecule has 2 heteroatoms. The molecule has 0 fully saturated rings. The first-order chi connectivity index (χ1) is 9.01. The van der Waals surface area contributed by atoms with Crippen molar-refractivity contribution in [1.29, 1.82) is 0 Å². The van der Waals surface area contributed by atoms with Gasteiger partial charge in [-0.15, -0.1) is 0 Å². The van der Waals surface area contributed by atoms with Crippen molar-refractivity contribution in [2.75, 3.05) is 0 Å². The van der Waals surface area contributed by atoms with Gasteiger partial charge in [-0.3, -0.25) is 0 Å². The molecule has 0 heterocycles. The molecule has 2 rings (SSSR count). The highest BCUT2D eigenvalue weighted by Gasteiger charge is 2.06. The quantitative estimate of drug-likeness (QED) is 0.893. The zero-order valence-electron chi connectivity index (χ0n) is 12.1. The summed E-state index contributed by atoms with van der Waals surface area (Å²) in [6.07, 6.45) is 0. The van der Waals surface area contributed by atoms with Crippen LogP contribution in [0.1, 0.15) is 27.8 Å². The van der Waals surface area contributed by atoms with Gasteiger partial charge in [0.15, 0.2) is 0 Å². The van der Waals surface area contributed by atoms with E-state index in [9.17, 15) is 0 Å². The third kappa shape index (κ3) is 2.96. The summed E-state index contributed by atoms with van der Waals surface area (Å²) in [5.74, 6) is 1.79. The summed E-state index contributed by atoms with van der Waals surface area (Å²) < 4.78 is 6.01. The van der Waals surface area contributed by atoms with Crippen LogP contribution in [0.2, 0.25) is 0 Å². The Morgan fingerprint density at radius 1 is 0.947 bits per heavy atom. The molecule has 0 saturated heterocycles. The summed E-state index contributed by atoms with van der Waals surface area (Å²) in [4.78, 5) is 0. The average molecular weight is 255 g/mol. The SMILES string of the molecule is Cc1cc(C)c(C)c(Oc2ccc(CN)c(C)c2)c1. The van der Waals surface area contributed by atoms with Gasteiger partial charge in [-0.2, -0.15) is 0 Å². The van der Waals surface area contributed by atoms with E-state index in [0.717, 1.165) is 17.1 Å². The van der Waals surface area contributed by atoms with Gasteiger partial charge in [-0.05, 0) is 73.7 Å². The van der Waals surface area contributed by atoms with Crippen LogP contribution in [0, 0.1) is 27.7 Å². The predicted molar refractivity (Wildman–Crippen MR) is 79.8 cm³/mol. The smallest absolute Gasteiger partial charge is 0.130 e. The van der Waals surface area contributed by atoms with Gasteiger partial charge in [0.2, 0.25) is 0 Å². The third-order valence-electron chi connectivity index (χ3n) is 3.53. The molecule has 2 aromatic rings. The lowest BCUT2D eigenvalue weighted by molar-refractivity contribution is 0.477. The highest BCUT2D eigenvalue weighted by molar-refractivity contribution is 5.45. The molecule has 0 atom stereocenters. The first kappa shape index (κ1) is 13.6. The highest BCUT2D eigenvalue weighted by Crippen LogP contribution is 2.29. The van der Waals surface area contributed by atoms with Crippen LogP contribution in [0.5, 0.6) is 11.5 Å². The van der Waals surface area contributed by atoms with Crippen LogP contribution in [0.3, 0.4) is 0 Å². The van der Waals surface area contributed by atoms with Gasteiger partial charge in [0.25, 0.3) is 0 Å². The van der Waals surface area contributed by atoms with E-state index >= 15 is 0 Å². The van der Waals surface area contributed by atoms with Crippen LogP contribution < -0.4 is 10.5 Å². The fourth-order valence-electron chi connectivity index (χ4n) is 2.19. The van der Waals surface area contributed by atoms with E-state index < -0.39 is 0 Å². The minimum absolute atomic E-state index is 0.564. The van der Waals surface area contributed by atoms with Crippen molar-refractivity contribution in [3.63, 3.8) is 0 Å². The van der Waals surface area contributed by atoms with E-state index in [4.69, 9.17) is 10.5 Å². The Labute approximate surface area is 115 Å². The van der Waals surface area contributed by atoms with Gasteiger partial charge in [-0.1, -0.05) is 12.1 Å². The average Bonchev–Trinajstić information content (AvgIpc) is 2.35. The molecule has 0 spiro atoms. The van der Waals surface area contributed by atoms with Crippen molar-refractivity contribution in [2.45, 2.75) is 34.2 Å². The molecule has 0 unspecified atom stereocenters. The van der Waals surface area contributed by atoms with Gasteiger partial charge in [0.1, 0.15) is 11.5 Å². The first-order valence-electron chi connectivity index (χ1n) is 6.56. The maximum Gasteiger partial charge on any atom is 0.130 e. The van der Waals surface area contributed by atoms with E-state index in [2.05, 4.69) is 39.8 Å². The Morgan fingerprint density at radius 2 is 1.68 bits per heavy atom. The van der Waals surface area contributed by atoms with Crippen molar-refractivity contribution in [2.24, 2.45) is 5.73 Å². The Morgan fingerprint density at radius 3 is 2.32 bits per heavy atom. The Hall–Kier alpha value is -1.80. The minimum Gasteiger partial charge on any atom is -0.457 e. The maximum absolute atomic E-state index is 6.01. The van der Waals surface area contributed by atoms with Crippen LogP contribution in [0.25, 0.3) is 0 Å². The fourth-order valence-corrected chi connectivity index (χ4v) is 2.19. The van der Waals surface area contributed by atoms with Gasteiger partial charge in [0.05, 0.1) is 0 Å². The van der Waals surface area contributed by atoms with Gasteiger partial charge >= 0.3 is 0 Å². The molecule has 0 aliphatic carbocycles. The second-order valence-corrected chi connectivity index (χ2v) is 5.10. The van der Waals surface area contributed by atoms with E-state index in [1.165, 1.54) is 22.3 Å². The summed E-state index contributed by atoms with van der Waals surface area (Å²) in [6, 6.07) is 10.3. The second-order valence-electron chi connectivity index (χ2n) is 5.10. The van der Waals surface area contributed by atoms with Crippen LogP contribution in [0.15, 0.2) is 30.3 Å². The molecular formula is C17H21NO. The third-order valence-corrected chi connectivity index (χ3v) is 3.53. The normalized spacial score (nSPS) is 10.6. The van der Waals surface area contributed by atoms with Crippen molar-refractivity contribution in [3.05, 3.63) is 58.1 Å². The number of hydrogen-bond acceptors (Lipinski definition) is 2. The van der Waals surface area contributed by atoms with E-state index in [0.29, 0.717) is 6.54 Å². The lowest BCUT2D eigenvalue weighted by Crippen LogP contribution is -1.99. The van der Waals surface area contributed by atoms with E-state index in [1.54, 1.807) is 0 Å². The van der Waals surface area contributed by atoms with Gasteiger partial charge < -0.3 is 10.5 Å². The number of benzene rings is 2. The molecule has 2 N–H and O–H groups in total. The van der Waals surface area contributed by atoms with Gasteiger partial charge in [0, 0.05) is 6.54 Å². The number of rotatable bonds is 3. The van der Waals surface area contributed by atoms with Crippen LogP contribution in [-0.2, 0) is 6.54 Å². The molecule has 0 bridgehead atoms. The summed E-state index contributed by atoms with van der Waals surface area (Å²) in [6.45, 7) is 8.91. The molecule has 0 aromatic heterocycles. The topological polar surface area (TPSA) is 35.2 Å². The largest absolute Gasteiger partial charge is 0.457 e. The standard InChI is InChI=1S/C17H21NO/c1-11-7-12(2)14(4)17(8-11)19-16-6-5-15(10-18)13(3)9-16/h5-9H,10,18H2,1-4H3. The Balaban J connectivity index is 2.33. The molecular weight excluding hydrogens is 234 g/mol. The monoisotopic (exact) mass is 255 g/mol. The van der Waals surface area contributed by atoms with Crippen LogP contribution in [-0.4, -0.2) is 0 Å². The molecule has 0 radical (unpaired) electrons. The first-order valence-corrected chi connectivity index (χ1v) is 6.56. The molecule has 0 aliphatic heterocycles. The molecule has 2 aromatic carbocycles. The maximum atomic E-state index is 6.01. The van der Waals surface area contributed by atoms with Crippen LogP contribution >= 0.6 is 0 Å².